The predicted molar refractivity (Wildman–Crippen MR) is 247 cm³/mol. The molecule has 0 spiro atoms. The molecule has 0 aromatic heterocycles. The Morgan fingerprint density at radius 2 is 1.48 bits per heavy atom. The van der Waals surface area contributed by atoms with Gasteiger partial charge < -0.3 is 42.2 Å². The number of carbonyl (C=O) groups is 7. The van der Waals surface area contributed by atoms with E-state index in [0.29, 0.717) is 40.2 Å². The molecule has 8 N–H and O–H groups in total. The first-order valence-electron chi connectivity index (χ1n) is 23.2. The number of fused-ring (bicyclic) bond motifs is 5. The molecule has 4 atom stereocenters. The molecule has 0 saturated carbocycles. The van der Waals surface area contributed by atoms with Gasteiger partial charge >= 0.3 is 0 Å². The standard InChI is InChI=1S/C49H71N7O9/c1-4-5-6-7-8-9-10-12-37(57)16-19-46(61)54-32-38(58)30-36(20-22-51)49(63)56(3)47-35-15-18-45(65-26-24-53)40(31-35)39-28-34(14-17-44(39)64-25-23-52)29-41(42(59)13-11-21-50)55-48(62)33(2)27-43(47)60/h14-15,17-18,28,31,33,36,41,47H,4-13,16,19-20,22-27,29-30,32,51-53H2,1-3H3,(H,54,61)(H,55,62)/t33-,36-,41+,47+/m1/s1. The van der Waals surface area contributed by atoms with Gasteiger partial charge in [0.2, 0.25) is 17.7 Å². The summed E-state index contributed by atoms with van der Waals surface area (Å²) >= 11 is 0. The number of Topliss-reactive ketones (excluding diaryl/α,β-unsaturated/α-hetero) is 4. The lowest BCUT2D eigenvalue weighted by molar-refractivity contribution is -0.143. The van der Waals surface area contributed by atoms with Gasteiger partial charge in [0.05, 0.1) is 18.7 Å². The number of likely N-dealkylation sites (N-methyl/N-ethyl adjacent to an activating group) is 1. The first-order chi connectivity index (χ1) is 31.3. The number of carbonyl (C=O) groups excluding carboxylic acids is 7. The molecule has 0 aliphatic carbocycles. The number of ether oxygens (including phenoxy) is 2. The van der Waals surface area contributed by atoms with E-state index in [0.717, 1.165) is 25.7 Å². The van der Waals surface area contributed by atoms with Crippen LogP contribution in [0.25, 0.3) is 11.1 Å². The van der Waals surface area contributed by atoms with E-state index < -0.39 is 53.2 Å². The summed E-state index contributed by atoms with van der Waals surface area (Å²) in [5.74, 6) is -3.89. The number of unbranched alkanes of at least 4 members (excludes halogenated alkanes) is 6. The monoisotopic (exact) mass is 902 g/mol. The van der Waals surface area contributed by atoms with Crippen LogP contribution < -0.4 is 37.3 Å². The van der Waals surface area contributed by atoms with Crippen LogP contribution in [-0.2, 0) is 40.0 Å². The Hall–Kier alpha value is -5.50. The first-order valence-corrected chi connectivity index (χ1v) is 23.2. The second-order valence-corrected chi connectivity index (χ2v) is 16.9. The normalized spacial score (nSPS) is 16.6. The molecule has 4 bridgehead atoms. The quantitative estimate of drug-likeness (QED) is 0.0734. The van der Waals surface area contributed by atoms with Crippen LogP contribution in [0.2, 0.25) is 0 Å². The van der Waals surface area contributed by atoms with Crippen LogP contribution in [0.4, 0.5) is 0 Å². The van der Waals surface area contributed by atoms with Gasteiger partial charge in [0.25, 0.3) is 0 Å². The third-order valence-corrected chi connectivity index (χ3v) is 11.5. The average molecular weight is 902 g/mol. The van der Waals surface area contributed by atoms with Gasteiger partial charge in [-0.05, 0) is 61.2 Å². The summed E-state index contributed by atoms with van der Waals surface area (Å²) in [6.45, 7) is 4.15. The summed E-state index contributed by atoms with van der Waals surface area (Å²) in [6.07, 6.45) is 7.53. The van der Waals surface area contributed by atoms with Crippen LogP contribution in [0.5, 0.6) is 11.5 Å². The molecule has 1 aliphatic rings. The lowest BCUT2D eigenvalue weighted by Crippen LogP contribution is -2.46. The molecular weight excluding hydrogens is 831 g/mol. The summed E-state index contributed by atoms with van der Waals surface area (Å²) in [5, 5.41) is 14.6. The molecule has 1 heterocycles. The Balaban J connectivity index is 1.93. The lowest BCUT2D eigenvalue weighted by atomic mass is 9.88. The molecule has 2 aromatic rings. The zero-order valence-electron chi connectivity index (χ0n) is 38.6. The number of rotatable bonds is 28. The molecule has 3 amide bonds. The van der Waals surface area contributed by atoms with Crippen molar-refractivity contribution in [3.63, 3.8) is 0 Å². The highest BCUT2D eigenvalue weighted by molar-refractivity contribution is 5.97. The van der Waals surface area contributed by atoms with Crippen LogP contribution in [0.1, 0.15) is 127 Å². The Kier molecular flexibility index (Phi) is 24.1. The van der Waals surface area contributed by atoms with Crippen molar-refractivity contribution in [2.75, 3.05) is 46.4 Å². The number of amides is 3. The largest absolute Gasteiger partial charge is 0.492 e. The van der Waals surface area contributed by atoms with Crippen LogP contribution >= 0.6 is 0 Å². The minimum Gasteiger partial charge on any atom is -0.492 e. The number of nitrogens with two attached hydrogens (primary N) is 3. The first kappa shape index (κ1) is 53.8. The molecule has 0 fully saturated rings. The molecule has 16 nitrogen and oxygen atoms in total. The third kappa shape index (κ3) is 17.8. The van der Waals surface area contributed by atoms with Crippen molar-refractivity contribution < 1.29 is 43.0 Å². The van der Waals surface area contributed by atoms with Gasteiger partial charge in [-0.15, -0.1) is 0 Å². The summed E-state index contributed by atoms with van der Waals surface area (Å²) in [4.78, 5) is 95.8. The SMILES string of the molecule is CCCCCCCCCC(=O)CCC(=O)NCC(=O)C[C@@H](CCN)C(=O)N(C)[C@@H]1C(=O)C[C@@H](C)C(=O)N[C@H](C(=O)CCC#N)Cc2ccc(OCCN)c(c2)-c2cc1ccc2OCCN. The van der Waals surface area contributed by atoms with E-state index in [1.807, 2.05) is 6.07 Å². The second kappa shape index (κ2) is 29.1. The van der Waals surface area contributed by atoms with Gasteiger partial charge in [0, 0.05) is 88.0 Å². The Labute approximate surface area is 384 Å². The van der Waals surface area contributed by atoms with Crippen LogP contribution in [-0.4, -0.2) is 98.2 Å². The summed E-state index contributed by atoms with van der Waals surface area (Å²) in [6, 6.07) is 10.0. The second-order valence-electron chi connectivity index (χ2n) is 16.9. The van der Waals surface area contributed by atoms with Crippen molar-refractivity contribution in [1.29, 1.82) is 5.26 Å². The molecule has 0 unspecified atom stereocenters. The molecule has 1 aliphatic heterocycles. The lowest BCUT2D eigenvalue weighted by Gasteiger charge is -2.32. The maximum absolute atomic E-state index is 14.6. The predicted octanol–water partition coefficient (Wildman–Crippen LogP) is 4.57. The number of hydrogen-bond donors (Lipinski definition) is 5. The molecule has 0 saturated heterocycles. The van der Waals surface area contributed by atoms with Crippen molar-refractivity contribution >= 4 is 40.9 Å². The van der Waals surface area contributed by atoms with E-state index in [9.17, 15) is 38.8 Å². The number of ketones is 4. The topological polar surface area (TPSA) is 267 Å². The van der Waals surface area contributed by atoms with Gasteiger partial charge in [-0.25, -0.2) is 0 Å². The molecule has 3 rings (SSSR count). The number of nitriles is 1. The minimum atomic E-state index is -1.26. The Morgan fingerprint density at radius 3 is 2.12 bits per heavy atom. The van der Waals surface area contributed by atoms with Gasteiger partial charge in [-0.2, -0.15) is 5.26 Å². The van der Waals surface area contributed by atoms with Gasteiger partial charge in [0.15, 0.2) is 17.3 Å². The zero-order valence-corrected chi connectivity index (χ0v) is 38.6. The number of nitrogens with zero attached hydrogens (tertiary/aromatic N) is 2. The van der Waals surface area contributed by atoms with Crippen LogP contribution in [0.3, 0.4) is 0 Å². The van der Waals surface area contributed by atoms with E-state index in [4.69, 9.17) is 26.7 Å². The van der Waals surface area contributed by atoms with E-state index in [2.05, 4.69) is 17.6 Å². The molecule has 356 valence electrons. The van der Waals surface area contributed by atoms with Crippen molar-refractivity contribution in [2.24, 2.45) is 29.0 Å². The zero-order chi connectivity index (χ0) is 47.7. The van der Waals surface area contributed by atoms with Crippen molar-refractivity contribution in [3.05, 3.63) is 47.5 Å². The Morgan fingerprint density at radius 1 is 0.831 bits per heavy atom. The number of benzene rings is 2. The molecule has 65 heavy (non-hydrogen) atoms. The number of nitrogens with one attached hydrogen (secondary N) is 2. The maximum atomic E-state index is 14.6. The van der Waals surface area contributed by atoms with Gasteiger partial charge in [-0.3, -0.25) is 33.6 Å². The average Bonchev–Trinajstić information content (AvgIpc) is 3.29. The summed E-state index contributed by atoms with van der Waals surface area (Å²) in [5.41, 5.74) is 19.7. The minimum absolute atomic E-state index is 0.00376. The highest BCUT2D eigenvalue weighted by Gasteiger charge is 2.36. The molecule has 2 aromatic carbocycles. The van der Waals surface area contributed by atoms with E-state index in [1.54, 1.807) is 43.3 Å². The summed E-state index contributed by atoms with van der Waals surface area (Å²) < 4.78 is 12.2. The fourth-order valence-electron chi connectivity index (χ4n) is 7.93. The third-order valence-electron chi connectivity index (χ3n) is 11.5. The fourth-order valence-corrected chi connectivity index (χ4v) is 7.93. The maximum Gasteiger partial charge on any atom is 0.226 e. The van der Waals surface area contributed by atoms with Crippen molar-refractivity contribution in [2.45, 2.75) is 129 Å². The highest BCUT2D eigenvalue weighted by Crippen LogP contribution is 2.41. The number of hydrogen-bond acceptors (Lipinski definition) is 13. The summed E-state index contributed by atoms with van der Waals surface area (Å²) in [7, 11) is 1.46. The molecular formula is C49H71N7O9. The molecule has 16 heteroatoms. The van der Waals surface area contributed by atoms with Gasteiger partial charge in [-0.1, -0.05) is 64.5 Å². The molecule has 0 radical (unpaired) electrons. The highest BCUT2D eigenvalue weighted by atomic mass is 16.5. The van der Waals surface area contributed by atoms with E-state index in [-0.39, 0.29) is 102 Å². The van der Waals surface area contributed by atoms with Crippen LogP contribution in [0, 0.1) is 23.2 Å². The van der Waals surface area contributed by atoms with Gasteiger partial charge in [0.1, 0.15) is 36.5 Å². The smallest absolute Gasteiger partial charge is 0.226 e. The van der Waals surface area contributed by atoms with Crippen LogP contribution in [0.15, 0.2) is 36.4 Å². The van der Waals surface area contributed by atoms with Crippen molar-refractivity contribution in [3.8, 4) is 28.7 Å². The van der Waals surface area contributed by atoms with E-state index >= 15 is 0 Å². The van der Waals surface area contributed by atoms with Crippen molar-refractivity contribution in [1.82, 2.24) is 15.5 Å². The fraction of sp³-hybridized carbons (Fsp3) is 0.592. The Bertz CT molecular complexity index is 1970. The van der Waals surface area contributed by atoms with E-state index in [1.165, 1.54) is 31.2 Å².